The first-order chi connectivity index (χ1) is 15.1. The van der Waals surface area contributed by atoms with E-state index in [1.165, 1.54) is 29.1 Å². The van der Waals surface area contributed by atoms with Gasteiger partial charge in [-0.15, -0.1) is 11.8 Å². The van der Waals surface area contributed by atoms with Crippen LogP contribution in [0.2, 0.25) is 0 Å². The monoisotopic (exact) mass is 478 g/mol. The second kappa shape index (κ2) is 11.3. The fourth-order valence-corrected chi connectivity index (χ4v) is 5.23. The van der Waals surface area contributed by atoms with Gasteiger partial charge in [0.2, 0.25) is 21.8 Å². The molecular formula is C22H30N4O4S2. The number of rotatable bonds is 10. The molecule has 10 heteroatoms. The summed E-state index contributed by atoms with van der Waals surface area (Å²) in [5.41, 5.74) is 1.84. The Morgan fingerprint density at radius 3 is 2.12 bits per heavy atom. The van der Waals surface area contributed by atoms with Crippen LogP contribution in [-0.2, 0) is 19.6 Å². The number of anilines is 3. The van der Waals surface area contributed by atoms with Crippen LogP contribution in [0.15, 0.2) is 52.3 Å². The van der Waals surface area contributed by atoms with E-state index in [0.717, 1.165) is 4.90 Å². The fraction of sp³-hybridized carbons (Fsp3) is 0.364. The Labute approximate surface area is 194 Å². The van der Waals surface area contributed by atoms with Crippen molar-refractivity contribution >= 4 is 50.7 Å². The first-order valence-corrected chi connectivity index (χ1v) is 12.6. The molecular weight excluding hydrogens is 448 g/mol. The summed E-state index contributed by atoms with van der Waals surface area (Å²) < 4.78 is 27.2. The maximum absolute atomic E-state index is 12.9. The zero-order valence-corrected chi connectivity index (χ0v) is 20.6. The predicted octanol–water partition coefficient (Wildman–Crippen LogP) is 3.47. The normalized spacial score (nSPS) is 11.3. The molecule has 174 valence electrons. The highest BCUT2D eigenvalue weighted by Gasteiger charge is 2.23. The summed E-state index contributed by atoms with van der Waals surface area (Å²) in [5.74, 6) is -0.243. The minimum absolute atomic E-state index is 0.142. The molecule has 0 aliphatic heterocycles. The molecule has 2 amide bonds. The van der Waals surface area contributed by atoms with Gasteiger partial charge in [0.15, 0.2) is 0 Å². The van der Waals surface area contributed by atoms with Crippen LogP contribution >= 0.6 is 11.8 Å². The van der Waals surface area contributed by atoms with Crippen LogP contribution in [0.3, 0.4) is 0 Å². The molecule has 2 rings (SSSR count). The summed E-state index contributed by atoms with van der Waals surface area (Å²) in [6.45, 7) is 5.76. The molecule has 32 heavy (non-hydrogen) atoms. The van der Waals surface area contributed by atoms with E-state index in [9.17, 15) is 18.0 Å². The van der Waals surface area contributed by atoms with Crippen molar-refractivity contribution in [3.63, 3.8) is 0 Å². The maximum Gasteiger partial charge on any atom is 0.243 e. The molecule has 0 saturated carbocycles. The van der Waals surface area contributed by atoms with Crippen molar-refractivity contribution in [1.29, 1.82) is 0 Å². The Balaban J connectivity index is 2.16. The van der Waals surface area contributed by atoms with E-state index in [4.69, 9.17) is 0 Å². The average molecular weight is 479 g/mol. The van der Waals surface area contributed by atoms with Gasteiger partial charge in [-0.25, -0.2) is 8.42 Å². The summed E-state index contributed by atoms with van der Waals surface area (Å²) in [7, 11) is 0.0150. The molecule has 2 aromatic carbocycles. The Morgan fingerprint density at radius 1 is 0.969 bits per heavy atom. The molecule has 8 nitrogen and oxygen atoms in total. The SMILES string of the molecule is CCN(CC)S(=O)(=O)c1ccc(N(C)C)c(NC(=O)CSc2ccc(NC(C)=O)cc2)c1. The van der Waals surface area contributed by atoms with Crippen LogP contribution in [0.5, 0.6) is 0 Å². The first kappa shape index (κ1) is 25.7. The summed E-state index contributed by atoms with van der Waals surface area (Å²) >= 11 is 1.35. The maximum atomic E-state index is 12.9. The van der Waals surface area contributed by atoms with Crippen LogP contribution in [0.1, 0.15) is 20.8 Å². The van der Waals surface area contributed by atoms with E-state index < -0.39 is 10.0 Å². The number of nitrogens with one attached hydrogen (secondary N) is 2. The van der Waals surface area contributed by atoms with Crippen molar-refractivity contribution in [3.8, 4) is 0 Å². The lowest BCUT2D eigenvalue weighted by Crippen LogP contribution is -2.30. The Bertz CT molecular complexity index is 1050. The topological polar surface area (TPSA) is 98.8 Å². The number of thioether (sulfide) groups is 1. The van der Waals surface area contributed by atoms with Gasteiger partial charge in [0.25, 0.3) is 0 Å². The van der Waals surface area contributed by atoms with Gasteiger partial charge in [-0.05, 0) is 42.5 Å². The number of sulfonamides is 1. The van der Waals surface area contributed by atoms with E-state index in [2.05, 4.69) is 10.6 Å². The molecule has 0 aliphatic rings. The number of carbonyl (C=O) groups excluding carboxylic acids is 2. The number of hydrogen-bond acceptors (Lipinski definition) is 6. The summed E-state index contributed by atoms with van der Waals surface area (Å²) in [5, 5.41) is 5.54. The lowest BCUT2D eigenvalue weighted by Gasteiger charge is -2.22. The number of amides is 2. The fourth-order valence-electron chi connectivity index (χ4n) is 3.05. The van der Waals surface area contributed by atoms with Gasteiger partial charge in [0.1, 0.15) is 0 Å². The highest BCUT2D eigenvalue weighted by Crippen LogP contribution is 2.29. The Hall–Kier alpha value is -2.56. The predicted molar refractivity (Wildman–Crippen MR) is 131 cm³/mol. The molecule has 0 bridgehead atoms. The summed E-state index contributed by atoms with van der Waals surface area (Å²) in [6.07, 6.45) is 0. The van der Waals surface area contributed by atoms with Crippen LogP contribution in [-0.4, -0.2) is 57.5 Å². The third-order valence-corrected chi connectivity index (χ3v) is 7.67. The van der Waals surface area contributed by atoms with Crippen molar-refractivity contribution in [3.05, 3.63) is 42.5 Å². The van der Waals surface area contributed by atoms with Crippen LogP contribution < -0.4 is 15.5 Å². The molecule has 0 heterocycles. The third-order valence-electron chi connectivity index (χ3n) is 4.61. The molecule has 0 aromatic heterocycles. The van der Waals surface area contributed by atoms with E-state index in [1.54, 1.807) is 38.1 Å². The van der Waals surface area contributed by atoms with Crippen LogP contribution in [0.4, 0.5) is 17.1 Å². The number of hydrogen-bond donors (Lipinski definition) is 2. The van der Waals surface area contributed by atoms with Gasteiger partial charge in [0.05, 0.1) is 22.0 Å². The second-order valence-electron chi connectivity index (χ2n) is 7.21. The average Bonchev–Trinajstić information content (AvgIpc) is 2.73. The van der Waals surface area contributed by atoms with Gasteiger partial charge in [0, 0.05) is 44.7 Å². The van der Waals surface area contributed by atoms with Crippen molar-refractivity contribution < 1.29 is 18.0 Å². The zero-order valence-electron chi connectivity index (χ0n) is 19.0. The van der Waals surface area contributed by atoms with Gasteiger partial charge >= 0.3 is 0 Å². The molecule has 2 aromatic rings. The minimum atomic E-state index is -3.64. The van der Waals surface area contributed by atoms with Crippen molar-refractivity contribution in [2.24, 2.45) is 0 Å². The van der Waals surface area contributed by atoms with Gasteiger partial charge in [-0.3, -0.25) is 9.59 Å². The smallest absolute Gasteiger partial charge is 0.243 e. The highest BCUT2D eigenvalue weighted by atomic mass is 32.2. The molecule has 2 N–H and O–H groups in total. The zero-order chi connectivity index (χ0) is 23.9. The molecule has 0 atom stereocenters. The highest BCUT2D eigenvalue weighted by molar-refractivity contribution is 8.00. The third kappa shape index (κ3) is 6.72. The quantitative estimate of drug-likeness (QED) is 0.508. The largest absolute Gasteiger partial charge is 0.376 e. The molecule has 0 unspecified atom stereocenters. The molecule has 0 spiro atoms. The number of carbonyl (C=O) groups is 2. The van der Waals surface area contributed by atoms with Crippen molar-refractivity contribution in [2.75, 3.05) is 48.5 Å². The number of benzene rings is 2. The van der Waals surface area contributed by atoms with E-state index in [-0.39, 0.29) is 22.5 Å². The van der Waals surface area contributed by atoms with E-state index >= 15 is 0 Å². The van der Waals surface area contributed by atoms with Crippen LogP contribution in [0.25, 0.3) is 0 Å². The lowest BCUT2D eigenvalue weighted by molar-refractivity contribution is -0.114. The summed E-state index contributed by atoms with van der Waals surface area (Å²) in [6, 6.07) is 12.0. The van der Waals surface area contributed by atoms with Gasteiger partial charge < -0.3 is 15.5 Å². The van der Waals surface area contributed by atoms with E-state index in [0.29, 0.717) is 30.2 Å². The minimum Gasteiger partial charge on any atom is -0.376 e. The van der Waals surface area contributed by atoms with Crippen LogP contribution in [0, 0.1) is 0 Å². The molecule has 0 radical (unpaired) electrons. The van der Waals surface area contributed by atoms with Crippen molar-refractivity contribution in [1.82, 2.24) is 4.31 Å². The number of nitrogens with zero attached hydrogens (tertiary/aromatic N) is 2. The molecule has 0 aliphatic carbocycles. The lowest BCUT2D eigenvalue weighted by atomic mass is 10.2. The molecule has 0 fully saturated rings. The second-order valence-corrected chi connectivity index (χ2v) is 10.2. The van der Waals surface area contributed by atoms with Crippen molar-refractivity contribution in [2.45, 2.75) is 30.6 Å². The van der Waals surface area contributed by atoms with Gasteiger partial charge in [-0.2, -0.15) is 4.31 Å². The van der Waals surface area contributed by atoms with E-state index in [1.807, 2.05) is 31.1 Å². The molecule has 0 saturated heterocycles. The van der Waals surface area contributed by atoms with Gasteiger partial charge in [-0.1, -0.05) is 13.8 Å². The first-order valence-electron chi connectivity index (χ1n) is 10.2. The summed E-state index contributed by atoms with van der Waals surface area (Å²) in [4.78, 5) is 26.6. The Kier molecular flexibility index (Phi) is 9.11. The standard InChI is InChI=1S/C22H30N4O4S2/c1-6-26(7-2)32(29,30)19-12-13-21(25(4)5)20(14-19)24-22(28)15-31-18-10-8-17(9-11-18)23-16(3)27/h8-14H,6-7,15H2,1-5H3,(H,23,27)(H,24,28). The Morgan fingerprint density at radius 2 is 1.59 bits per heavy atom.